The van der Waals surface area contributed by atoms with E-state index in [1.54, 1.807) is 0 Å². The number of benzene rings is 1. The summed E-state index contributed by atoms with van der Waals surface area (Å²) < 4.78 is 1.23. The summed E-state index contributed by atoms with van der Waals surface area (Å²) in [7, 11) is 0. The van der Waals surface area contributed by atoms with Crippen LogP contribution in [0.25, 0.3) is 0 Å². The first-order chi connectivity index (χ1) is 7.16. The molecule has 1 nitrogen and oxygen atoms in total. The first-order valence-corrected chi connectivity index (χ1v) is 6.44. The Balaban J connectivity index is 2.32. The molecule has 0 spiro atoms. The summed E-state index contributed by atoms with van der Waals surface area (Å²) >= 11 is 3.64. The van der Waals surface area contributed by atoms with Gasteiger partial charge in [-0.15, -0.1) is 0 Å². The van der Waals surface area contributed by atoms with Gasteiger partial charge >= 0.3 is 0 Å². The molecule has 1 aromatic rings. The lowest BCUT2D eigenvalue weighted by atomic mass is 9.89. The van der Waals surface area contributed by atoms with Gasteiger partial charge in [0.05, 0.1) is 6.10 Å². The van der Waals surface area contributed by atoms with Gasteiger partial charge in [-0.25, -0.2) is 0 Å². The molecule has 0 heterocycles. The van der Waals surface area contributed by atoms with Crippen LogP contribution in [0.3, 0.4) is 0 Å². The van der Waals surface area contributed by atoms with Crippen LogP contribution >= 0.6 is 15.9 Å². The molecule has 1 unspecified atom stereocenters. The Hall–Kier alpha value is -0.340. The minimum absolute atomic E-state index is 0.251. The molecule has 0 radical (unpaired) electrons. The highest BCUT2D eigenvalue weighted by atomic mass is 79.9. The Labute approximate surface area is 99.6 Å². The molecule has 0 amide bonds. The Morgan fingerprint density at radius 3 is 2.80 bits per heavy atom. The zero-order valence-electron chi connectivity index (χ0n) is 9.09. The van der Waals surface area contributed by atoms with E-state index >= 15 is 0 Å². The van der Waals surface area contributed by atoms with Crippen LogP contribution in [-0.4, -0.2) is 11.2 Å². The van der Waals surface area contributed by atoms with Gasteiger partial charge in [0.25, 0.3) is 0 Å². The van der Waals surface area contributed by atoms with Crippen LogP contribution < -0.4 is 0 Å². The van der Waals surface area contributed by atoms with E-state index in [9.17, 15) is 5.11 Å². The first kappa shape index (κ1) is 11.2. The van der Waals surface area contributed by atoms with E-state index < -0.39 is 0 Å². The number of hydrogen-bond acceptors (Lipinski definition) is 1. The lowest BCUT2D eigenvalue weighted by Crippen LogP contribution is -2.08. The van der Waals surface area contributed by atoms with Crippen molar-refractivity contribution in [1.29, 1.82) is 0 Å². The van der Waals surface area contributed by atoms with Crippen LogP contribution in [0.2, 0.25) is 0 Å². The maximum Gasteiger partial charge on any atom is 0.0552 e. The number of fused-ring (bicyclic) bond motifs is 1. The summed E-state index contributed by atoms with van der Waals surface area (Å²) in [6, 6.07) is 4.43. The third-order valence-electron chi connectivity index (χ3n) is 3.00. The molecule has 1 aliphatic carbocycles. The van der Waals surface area contributed by atoms with Crippen molar-refractivity contribution in [2.45, 2.75) is 45.1 Å². The van der Waals surface area contributed by atoms with Gasteiger partial charge in [-0.3, -0.25) is 0 Å². The summed E-state index contributed by atoms with van der Waals surface area (Å²) in [5.74, 6) is 0. The van der Waals surface area contributed by atoms with Gasteiger partial charge in [-0.05, 0) is 61.8 Å². The van der Waals surface area contributed by atoms with E-state index in [1.807, 2.05) is 6.92 Å². The highest BCUT2D eigenvalue weighted by Crippen LogP contribution is 2.30. The molecule has 0 aromatic heterocycles. The zero-order valence-corrected chi connectivity index (χ0v) is 10.7. The van der Waals surface area contributed by atoms with Gasteiger partial charge in [0.15, 0.2) is 0 Å². The van der Waals surface area contributed by atoms with Crippen LogP contribution in [-0.2, 0) is 19.3 Å². The fraction of sp³-hybridized carbons (Fsp3) is 0.538. The predicted molar refractivity (Wildman–Crippen MR) is 66.2 cm³/mol. The van der Waals surface area contributed by atoms with Crippen LogP contribution in [0.1, 0.15) is 36.5 Å². The Morgan fingerprint density at radius 1 is 1.33 bits per heavy atom. The fourth-order valence-corrected chi connectivity index (χ4v) is 3.08. The van der Waals surface area contributed by atoms with Crippen molar-refractivity contribution in [3.63, 3.8) is 0 Å². The number of halogens is 1. The summed E-state index contributed by atoms with van der Waals surface area (Å²) in [5, 5.41) is 9.39. The highest BCUT2D eigenvalue weighted by molar-refractivity contribution is 9.10. The van der Waals surface area contributed by atoms with Gasteiger partial charge in [0.2, 0.25) is 0 Å². The number of aliphatic hydroxyl groups is 1. The summed E-state index contributed by atoms with van der Waals surface area (Å²) in [5.41, 5.74) is 4.21. The molecule has 0 aliphatic heterocycles. The van der Waals surface area contributed by atoms with Crippen molar-refractivity contribution in [1.82, 2.24) is 0 Å². The Kier molecular flexibility index (Phi) is 3.47. The monoisotopic (exact) mass is 268 g/mol. The number of aliphatic hydroxyl groups excluding tert-OH is 1. The molecule has 1 atom stereocenters. The van der Waals surface area contributed by atoms with Gasteiger partial charge in [0.1, 0.15) is 0 Å². The van der Waals surface area contributed by atoms with Crippen molar-refractivity contribution in [2.75, 3.05) is 0 Å². The van der Waals surface area contributed by atoms with Gasteiger partial charge < -0.3 is 5.11 Å². The summed E-state index contributed by atoms with van der Waals surface area (Å²) in [6.07, 6.45) is 5.51. The molecule has 2 heteroatoms. The van der Waals surface area contributed by atoms with Crippen molar-refractivity contribution < 1.29 is 5.11 Å². The van der Waals surface area contributed by atoms with Crippen molar-refractivity contribution in [2.24, 2.45) is 0 Å². The smallest absolute Gasteiger partial charge is 0.0552 e. The van der Waals surface area contributed by atoms with Crippen molar-refractivity contribution >= 4 is 15.9 Å². The quantitative estimate of drug-likeness (QED) is 0.873. The molecule has 0 saturated heterocycles. The van der Waals surface area contributed by atoms with E-state index in [4.69, 9.17) is 0 Å². The highest BCUT2D eigenvalue weighted by Gasteiger charge is 2.13. The van der Waals surface area contributed by atoms with Gasteiger partial charge in [-0.2, -0.15) is 0 Å². The van der Waals surface area contributed by atoms with Crippen LogP contribution in [0, 0.1) is 0 Å². The molecule has 0 saturated carbocycles. The molecular weight excluding hydrogens is 252 g/mol. The maximum absolute atomic E-state index is 9.39. The van der Waals surface area contributed by atoms with Gasteiger partial charge in [-0.1, -0.05) is 22.0 Å². The number of hydrogen-bond donors (Lipinski definition) is 1. The summed E-state index contributed by atoms with van der Waals surface area (Å²) in [6.45, 7) is 1.84. The lowest BCUT2D eigenvalue weighted by molar-refractivity contribution is 0.195. The summed E-state index contributed by atoms with van der Waals surface area (Å²) in [4.78, 5) is 0. The largest absolute Gasteiger partial charge is 0.393 e. The van der Waals surface area contributed by atoms with Gasteiger partial charge in [0, 0.05) is 4.47 Å². The molecule has 1 N–H and O–H groups in total. The van der Waals surface area contributed by atoms with E-state index in [0.29, 0.717) is 0 Å². The third-order valence-corrected chi connectivity index (χ3v) is 3.71. The van der Waals surface area contributed by atoms with Crippen molar-refractivity contribution in [3.8, 4) is 0 Å². The Morgan fingerprint density at radius 2 is 2.07 bits per heavy atom. The second-order valence-electron chi connectivity index (χ2n) is 4.48. The lowest BCUT2D eigenvalue weighted by Gasteiger charge is -2.19. The molecular formula is C13H17BrO. The molecule has 15 heavy (non-hydrogen) atoms. The van der Waals surface area contributed by atoms with E-state index in [0.717, 1.165) is 6.42 Å². The van der Waals surface area contributed by atoms with E-state index in [1.165, 1.54) is 46.8 Å². The van der Waals surface area contributed by atoms with Crippen LogP contribution in [0.4, 0.5) is 0 Å². The first-order valence-electron chi connectivity index (χ1n) is 5.65. The molecule has 82 valence electrons. The number of aryl methyl sites for hydroxylation is 1. The fourth-order valence-electron chi connectivity index (χ4n) is 2.34. The van der Waals surface area contributed by atoms with Crippen molar-refractivity contribution in [3.05, 3.63) is 33.3 Å². The maximum atomic E-state index is 9.39. The molecule has 1 aromatic carbocycles. The topological polar surface area (TPSA) is 20.2 Å². The number of rotatable bonds is 2. The second-order valence-corrected chi connectivity index (χ2v) is 5.33. The standard InChI is InChI=1S/C13H17BrO/c1-9(15)6-10-7-11-4-2-3-5-12(11)13(14)8-10/h7-9,15H,2-6H2,1H3. The SMILES string of the molecule is CC(O)Cc1cc(Br)c2c(c1)CCCC2. The zero-order chi connectivity index (χ0) is 10.8. The minimum Gasteiger partial charge on any atom is -0.393 e. The molecule has 0 bridgehead atoms. The average Bonchev–Trinajstić information content (AvgIpc) is 2.16. The minimum atomic E-state index is -0.251. The molecule has 0 fully saturated rings. The third kappa shape index (κ3) is 2.61. The normalized spacial score (nSPS) is 17.3. The second kappa shape index (κ2) is 4.67. The van der Waals surface area contributed by atoms with Crippen LogP contribution in [0.5, 0.6) is 0 Å². The van der Waals surface area contributed by atoms with E-state index in [2.05, 4.69) is 28.1 Å². The predicted octanol–water partition coefficient (Wildman–Crippen LogP) is 3.25. The average molecular weight is 269 g/mol. The molecule has 2 rings (SSSR count). The molecule has 1 aliphatic rings. The van der Waals surface area contributed by atoms with E-state index in [-0.39, 0.29) is 6.10 Å². The Bertz CT molecular complexity index is 358. The van der Waals surface area contributed by atoms with Crippen LogP contribution in [0.15, 0.2) is 16.6 Å².